The van der Waals surface area contributed by atoms with Crippen molar-refractivity contribution < 1.29 is 5.11 Å². The Labute approximate surface area is 110 Å². The fourth-order valence-corrected chi connectivity index (χ4v) is 2.77. The molecule has 5 heteroatoms. The summed E-state index contributed by atoms with van der Waals surface area (Å²) in [6.07, 6.45) is 6.06. The molecule has 1 aliphatic heterocycles. The molecule has 1 atom stereocenters. The maximum absolute atomic E-state index is 9.11. The number of anilines is 2. The Morgan fingerprint density at radius 3 is 3.06 bits per heavy atom. The standard InChI is InChI=1S/C12H18BrN3O/c13-9-7-11(14)12(15-8-9)16-5-2-1-3-10(16)4-6-17/h7-8,10,17H,1-6,14H2. The molecule has 17 heavy (non-hydrogen) atoms. The first-order valence-electron chi connectivity index (χ1n) is 6.01. The minimum Gasteiger partial charge on any atom is -0.396 e. The van der Waals surface area contributed by atoms with Crippen molar-refractivity contribution in [1.82, 2.24) is 4.98 Å². The molecule has 1 unspecified atom stereocenters. The van der Waals surface area contributed by atoms with Crippen LogP contribution in [-0.4, -0.2) is 29.3 Å². The zero-order valence-corrected chi connectivity index (χ0v) is 11.4. The average molecular weight is 300 g/mol. The first-order valence-corrected chi connectivity index (χ1v) is 6.80. The molecule has 2 heterocycles. The van der Waals surface area contributed by atoms with Crippen molar-refractivity contribution in [3.63, 3.8) is 0 Å². The predicted molar refractivity (Wildman–Crippen MR) is 73.0 cm³/mol. The number of nitrogens with two attached hydrogens (primary N) is 1. The maximum atomic E-state index is 9.11. The van der Waals surface area contributed by atoms with Gasteiger partial charge in [0.25, 0.3) is 0 Å². The summed E-state index contributed by atoms with van der Waals surface area (Å²) in [5, 5.41) is 9.11. The fourth-order valence-electron chi connectivity index (χ4n) is 2.42. The van der Waals surface area contributed by atoms with Gasteiger partial charge in [0, 0.05) is 29.9 Å². The smallest absolute Gasteiger partial charge is 0.152 e. The van der Waals surface area contributed by atoms with E-state index in [9.17, 15) is 0 Å². The molecule has 4 nitrogen and oxygen atoms in total. The summed E-state index contributed by atoms with van der Waals surface area (Å²) in [5.74, 6) is 0.853. The summed E-state index contributed by atoms with van der Waals surface area (Å²) in [6.45, 7) is 1.20. The summed E-state index contributed by atoms with van der Waals surface area (Å²) in [5.41, 5.74) is 6.71. The fraction of sp³-hybridized carbons (Fsp3) is 0.583. The second-order valence-electron chi connectivity index (χ2n) is 4.42. The van der Waals surface area contributed by atoms with E-state index in [0.717, 1.165) is 29.7 Å². The number of piperidine rings is 1. The summed E-state index contributed by atoms with van der Waals surface area (Å²) in [6, 6.07) is 2.25. The quantitative estimate of drug-likeness (QED) is 0.898. The summed E-state index contributed by atoms with van der Waals surface area (Å²) in [7, 11) is 0. The molecule has 1 fully saturated rings. The van der Waals surface area contributed by atoms with Crippen LogP contribution in [0.5, 0.6) is 0 Å². The van der Waals surface area contributed by atoms with Gasteiger partial charge in [0.15, 0.2) is 5.82 Å². The highest BCUT2D eigenvalue weighted by Crippen LogP contribution is 2.30. The molecule has 1 aromatic rings. The van der Waals surface area contributed by atoms with E-state index >= 15 is 0 Å². The van der Waals surface area contributed by atoms with Crippen LogP contribution in [0.15, 0.2) is 16.7 Å². The Morgan fingerprint density at radius 1 is 1.53 bits per heavy atom. The number of halogens is 1. The molecule has 0 radical (unpaired) electrons. The lowest BCUT2D eigenvalue weighted by Gasteiger charge is -2.37. The van der Waals surface area contributed by atoms with Crippen molar-refractivity contribution in [3.8, 4) is 0 Å². The molecule has 94 valence electrons. The van der Waals surface area contributed by atoms with E-state index < -0.39 is 0 Å². The van der Waals surface area contributed by atoms with Crippen LogP contribution in [0.2, 0.25) is 0 Å². The van der Waals surface area contributed by atoms with Gasteiger partial charge < -0.3 is 15.7 Å². The summed E-state index contributed by atoms with van der Waals surface area (Å²) < 4.78 is 0.898. The number of nitrogens with zero attached hydrogens (tertiary/aromatic N) is 2. The third-order valence-electron chi connectivity index (χ3n) is 3.22. The molecule has 0 saturated carbocycles. The number of pyridine rings is 1. The normalized spacial score (nSPS) is 20.6. The van der Waals surface area contributed by atoms with Crippen LogP contribution < -0.4 is 10.6 Å². The molecule has 1 aromatic heterocycles. The highest BCUT2D eigenvalue weighted by atomic mass is 79.9. The van der Waals surface area contributed by atoms with Crippen LogP contribution in [0.4, 0.5) is 11.5 Å². The van der Waals surface area contributed by atoms with Crippen LogP contribution in [-0.2, 0) is 0 Å². The maximum Gasteiger partial charge on any atom is 0.152 e. The van der Waals surface area contributed by atoms with Crippen LogP contribution in [0.25, 0.3) is 0 Å². The zero-order chi connectivity index (χ0) is 12.3. The number of aromatic nitrogens is 1. The number of aliphatic hydroxyl groups is 1. The van der Waals surface area contributed by atoms with Gasteiger partial charge in [-0.1, -0.05) is 0 Å². The molecule has 0 spiro atoms. The first kappa shape index (κ1) is 12.6. The van der Waals surface area contributed by atoms with Gasteiger partial charge in [-0.2, -0.15) is 0 Å². The van der Waals surface area contributed by atoms with Crippen molar-refractivity contribution in [3.05, 3.63) is 16.7 Å². The minimum atomic E-state index is 0.220. The highest BCUT2D eigenvalue weighted by Gasteiger charge is 2.24. The predicted octanol–water partition coefficient (Wildman–Crippen LogP) is 2.17. The molecule has 0 amide bonds. The molecule has 2 rings (SSSR count). The second kappa shape index (κ2) is 5.69. The Balaban J connectivity index is 2.23. The Morgan fingerprint density at radius 2 is 2.35 bits per heavy atom. The molecule has 0 aliphatic carbocycles. The number of rotatable bonds is 3. The van der Waals surface area contributed by atoms with Crippen LogP contribution >= 0.6 is 15.9 Å². The topological polar surface area (TPSA) is 62.4 Å². The Kier molecular flexibility index (Phi) is 4.23. The number of aliphatic hydroxyl groups excluding tert-OH is 1. The molecule has 0 aromatic carbocycles. The Hall–Kier alpha value is -0.810. The van der Waals surface area contributed by atoms with E-state index in [1.54, 1.807) is 6.20 Å². The molecular weight excluding hydrogens is 282 g/mol. The lowest BCUT2D eigenvalue weighted by atomic mass is 9.99. The second-order valence-corrected chi connectivity index (χ2v) is 5.34. The van der Waals surface area contributed by atoms with Gasteiger partial charge in [-0.05, 0) is 47.7 Å². The lowest BCUT2D eigenvalue weighted by Crippen LogP contribution is -2.41. The lowest BCUT2D eigenvalue weighted by molar-refractivity contribution is 0.262. The van der Waals surface area contributed by atoms with Gasteiger partial charge in [-0.15, -0.1) is 0 Å². The van der Waals surface area contributed by atoms with Gasteiger partial charge in [-0.25, -0.2) is 4.98 Å². The van der Waals surface area contributed by atoms with Crippen molar-refractivity contribution in [1.29, 1.82) is 0 Å². The van der Waals surface area contributed by atoms with Gasteiger partial charge in [0.05, 0.1) is 5.69 Å². The number of hydrogen-bond acceptors (Lipinski definition) is 4. The van der Waals surface area contributed by atoms with Gasteiger partial charge in [0.2, 0.25) is 0 Å². The number of nitrogen functional groups attached to an aromatic ring is 1. The largest absolute Gasteiger partial charge is 0.396 e. The van der Waals surface area contributed by atoms with Gasteiger partial charge >= 0.3 is 0 Å². The Bertz CT molecular complexity index is 384. The molecule has 1 aliphatic rings. The highest BCUT2D eigenvalue weighted by molar-refractivity contribution is 9.10. The monoisotopic (exact) mass is 299 g/mol. The number of hydrogen-bond donors (Lipinski definition) is 2. The van der Waals surface area contributed by atoms with Crippen molar-refractivity contribution in [2.24, 2.45) is 0 Å². The van der Waals surface area contributed by atoms with Crippen molar-refractivity contribution in [2.75, 3.05) is 23.8 Å². The molecule has 1 saturated heterocycles. The van der Waals surface area contributed by atoms with Crippen LogP contribution in [0.1, 0.15) is 25.7 Å². The van der Waals surface area contributed by atoms with E-state index in [2.05, 4.69) is 25.8 Å². The van der Waals surface area contributed by atoms with Gasteiger partial charge in [-0.3, -0.25) is 0 Å². The average Bonchev–Trinajstić information content (AvgIpc) is 2.31. The van der Waals surface area contributed by atoms with E-state index in [1.165, 1.54) is 12.8 Å². The van der Waals surface area contributed by atoms with Gasteiger partial charge in [0.1, 0.15) is 0 Å². The van der Waals surface area contributed by atoms with E-state index in [1.807, 2.05) is 6.07 Å². The van der Waals surface area contributed by atoms with Crippen LogP contribution in [0.3, 0.4) is 0 Å². The van der Waals surface area contributed by atoms with E-state index in [4.69, 9.17) is 10.8 Å². The molecular formula is C12H18BrN3O. The molecule has 0 bridgehead atoms. The van der Waals surface area contributed by atoms with Crippen molar-refractivity contribution >= 4 is 27.4 Å². The van der Waals surface area contributed by atoms with Crippen molar-refractivity contribution in [2.45, 2.75) is 31.7 Å². The van der Waals surface area contributed by atoms with E-state index in [0.29, 0.717) is 11.7 Å². The third-order valence-corrected chi connectivity index (χ3v) is 3.66. The zero-order valence-electron chi connectivity index (χ0n) is 9.77. The summed E-state index contributed by atoms with van der Waals surface area (Å²) in [4.78, 5) is 6.64. The van der Waals surface area contributed by atoms with E-state index in [-0.39, 0.29) is 6.61 Å². The summed E-state index contributed by atoms with van der Waals surface area (Å²) >= 11 is 3.37. The molecule has 3 N–H and O–H groups in total. The SMILES string of the molecule is Nc1cc(Br)cnc1N1CCCCC1CCO. The van der Waals surface area contributed by atoms with Crippen LogP contribution in [0, 0.1) is 0 Å². The first-order chi connectivity index (χ1) is 8.22. The minimum absolute atomic E-state index is 0.220. The third kappa shape index (κ3) is 2.90.